The van der Waals surface area contributed by atoms with Crippen molar-refractivity contribution in [2.45, 2.75) is 95.3 Å². The molecule has 3 N–H and O–H groups in total. The highest BCUT2D eigenvalue weighted by atomic mass is 35.5. The molecule has 0 aromatic heterocycles. The molecule has 16 heteroatoms. The lowest BCUT2D eigenvalue weighted by Crippen LogP contribution is -2.69. The highest BCUT2D eigenvalue weighted by molar-refractivity contribution is 6.26. The molecule has 3 saturated carbocycles. The number of aliphatic hydroxyl groups is 1. The number of hydrogen-bond acceptors (Lipinski definition) is 14. The largest absolute Gasteiger partial charge is 0.508 e. The van der Waals surface area contributed by atoms with Gasteiger partial charge in [-0.3, -0.25) is 19.2 Å². The molecule has 0 aromatic rings. The Morgan fingerprint density at radius 1 is 1.14 bits per heavy atom. The first-order chi connectivity index (χ1) is 23.0. The average molecular weight is 713 g/mol. The van der Waals surface area contributed by atoms with E-state index in [1.807, 2.05) is 13.8 Å². The van der Waals surface area contributed by atoms with E-state index in [1.54, 1.807) is 26.0 Å². The number of alkyl halides is 1. The number of unbranched alkanes of at least 4 members (excludes halogenated alkanes) is 1. The van der Waals surface area contributed by atoms with E-state index in [0.29, 0.717) is 19.3 Å². The number of carbonyl (C=O) groups is 5. The van der Waals surface area contributed by atoms with Gasteiger partial charge in [0.1, 0.15) is 12.6 Å². The number of fused-ring (bicyclic) bond motifs is 5. The van der Waals surface area contributed by atoms with Crippen molar-refractivity contribution in [1.29, 1.82) is 0 Å². The highest BCUT2D eigenvalue weighted by Gasteiger charge is 2.76. The molecule has 0 heterocycles. The van der Waals surface area contributed by atoms with Crippen molar-refractivity contribution in [3.05, 3.63) is 33.9 Å². The molecule has 0 aliphatic heterocycles. The fourth-order valence-corrected chi connectivity index (χ4v) is 9.30. The van der Waals surface area contributed by atoms with E-state index in [9.17, 15) is 39.2 Å². The number of nitrogens with two attached hydrogens (primary N) is 1. The number of nitrogens with zero attached hydrogens (tertiary/aromatic N) is 1. The van der Waals surface area contributed by atoms with Gasteiger partial charge in [-0.25, -0.2) is 4.79 Å². The van der Waals surface area contributed by atoms with Gasteiger partial charge in [-0.2, -0.15) is 0 Å². The first-order valence-electron chi connectivity index (χ1n) is 16.5. The van der Waals surface area contributed by atoms with Crippen LogP contribution in [0.3, 0.4) is 0 Å². The van der Waals surface area contributed by atoms with E-state index in [1.165, 1.54) is 6.08 Å². The Labute approximate surface area is 288 Å². The fraction of sp³-hybridized carbons (Fsp3) is 0.727. The van der Waals surface area contributed by atoms with Gasteiger partial charge in [0.2, 0.25) is 5.78 Å². The Morgan fingerprint density at radius 2 is 1.84 bits per heavy atom. The lowest BCUT2D eigenvalue weighted by molar-refractivity contribution is -0.757. The highest BCUT2D eigenvalue weighted by Crippen LogP contribution is 2.72. The number of ether oxygens (including phenoxy) is 4. The van der Waals surface area contributed by atoms with Gasteiger partial charge in [0.15, 0.2) is 18.0 Å². The van der Waals surface area contributed by atoms with Crippen LogP contribution in [0.1, 0.15) is 72.6 Å². The van der Waals surface area contributed by atoms with Crippen LogP contribution in [0.4, 0.5) is 4.79 Å². The molecule has 0 amide bonds. The summed E-state index contributed by atoms with van der Waals surface area (Å²) < 4.78 is 21.1. The molecule has 3 fully saturated rings. The Bertz CT molecular complexity index is 1420. The summed E-state index contributed by atoms with van der Waals surface area (Å²) >= 11 is 7.51. The lowest BCUT2D eigenvalue weighted by Gasteiger charge is -2.64. The van der Waals surface area contributed by atoms with E-state index < -0.39 is 81.5 Å². The van der Waals surface area contributed by atoms with Crippen molar-refractivity contribution in [1.82, 2.24) is 0 Å². The summed E-state index contributed by atoms with van der Waals surface area (Å²) in [5.74, 6) is -3.48. The van der Waals surface area contributed by atoms with Crippen LogP contribution in [-0.4, -0.2) is 88.9 Å². The summed E-state index contributed by atoms with van der Waals surface area (Å²) in [5.41, 5.74) is 2.88. The number of esters is 2. The zero-order valence-corrected chi connectivity index (χ0v) is 28.9. The minimum absolute atomic E-state index is 0.000434. The second kappa shape index (κ2) is 14.7. The van der Waals surface area contributed by atoms with Crippen LogP contribution in [0.5, 0.6) is 0 Å². The topological polar surface area (TPSA) is 221 Å². The molecular formula is C33H45ClN2O13. The number of carbonyl (C=O) groups excluding carboxylic acids is 5. The molecule has 4 rings (SSSR count). The smallest absolute Gasteiger partial charge is 0.464 e. The van der Waals surface area contributed by atoms with Crippen molar-refractivity contribution >= 4 is 41.3 Å². The number of allylic oxidation sites excluding steroid dienone is 4. The SMILES string of the molecule is CCC(=O)O[C@]1(C(=O)COC(=O)OCC(N)C(=O)OCCCCO[N+](=O)[O-])[C@@H](C)CC2C3CCC4=CC(=O)C=C[C@]4(C)[C@@]3(Cl)[C@@H](O)C[C@@]21C. The molecule has 49 heavy (non-hydrogen) atoms. The first-order valence-corrected chi connectivity index (χ1v) is 16.9. The summed E-state index contributed by atoms with van der Waals surface area (Å²) in [6, 6.07) is -1.37. The van der Waals surface area contributed by atoms with E-state index in [-0.39, 0.29) is 56.5 Å². The molecule has 4 aliphatic carbocycles. The third-order valence-corrected chi connectivity index (χ3v) is 12.1. The molecule has 0 aromatic carbocycles. The number of ketones is 2. The number of rotatable bonds is 14. The van der Waals surface area contributed by atoms with Crippen LogP contribution in [0.15, 0.2) is 23.8 Å². The summed E-state index contributed by atoms with van der Waals surface area (Å²) in [7, 11) is 0. The van der Waals surface area contributed by atoms with Crippen LogP contribution in [0, 0.1) is 38.7 Å². The summed E-state index contributed by atoms with van der Waals surface area (Å²) in [6.07, 6.45) is 4.44. The summed E-state index contributed by atoms with van der Waals surface area (Å²) in [4.78, 5) is 77.1. The maximum Gasteiger partial charge on any atom is 0.508 e. The average Bonchev–Trinajstić information content (AvgIpc) is 3.26. The quantitative estimate of drug-likeness (QED) is 0.0660. The second-order valence-electron chi connectivity index (χ2n) is 13.8. The zero-order valence-electron chi connectivity index (χ0n) is 28.1. The Morgan fingerprint density at radius 3 is 2.51 bits per heavy atom. The standard InChI is InChI=1S/C33H45ClN2O13/c1-5-27(40)49-33(26(39)18-47-29(42)46-17-24(35)28(41)45-12-6-7-13-48-36(43)44)19(2)14-23-22-9-8-20-15-21(37)10-11-30(20,3)32(22,34)25(38)16-31(23,33)4/h10-11,15,19,22-25,38H,5-9,12-14,16-18,35H2,1-4H3/t19-,22?,23?,24?,25-,30-,31-,32-,33-/m0/s1. The molecule has 0 radical (unpaired) electrons. The molecular weight excluding hydrogens is 668 g/mol. The minimum atomic E-state index is -1.77. The summed E-state index contributed by atoms with van der Waals surface area (Å²) in [6.45, 7) is 5.43. The van der Waals surface area contributed by atoms with Gasteiger partial charge in [0, 0.05) is 23.2 Å². The Hall–Kier alpha value is -3.56. The summed E-state index contributed by atoms with van der Waals surface area (Å²) in [5, 5.41) is 21.1. The van der Waals surface area contributed by atoms with Crippen molar-refractivity contribution in [3.8, 4) is 0 Å². The number of halogens is 1. The predicted octanol–water partition coefficient (Wildman–Crippen LogP) is 3.15. The molecule has 272 valence electrons. The first kappa shape index (κ1) is 38.2. The Kier molecular flexibility index (Phi) is 11.5. The van der Waals surface area contributed by atoms with Crippen LogP contribution in [-0.2, 0) is 43.0 Å². The van der Waals surface area contributed by atoms with Gasteiger partial charge in [-0.15, -0.1) is 21.7 Å². The third kappa shape index (κ3) is 6.81. The van der Waals surface area contributed by atoms with E-state index in [0.717, 1.165) is 5.57 Å². The zero-order chi connectivity index (χ0) is 36.4. The Balaban J connectivity index is 1.45. The number of Topliss-reactive ketones (excluding diaryl/α,β-unsaturated/α-hetero) is 1. The van der Waals surface area contributed by atoms with Gasteiger partial charge in [0.05, 0.1) is 24.2 Å². The molecule has 4 aliphatic rings. The second-order valence-corrected chi connectivity index (χ2v) is 14.4. The van der Waals surface area contributed by atoms with Crippen molar-refractivity contribution in [2.75, 3.05) is 26.4 Å². The van der Waals surface area contributed by atoms with E-state index in [4.69, 9.17) is 36.3 Å². The maximum absolute atomic E-state index is 14.2. The molecule has 0 bridgehead atoms. The van der Waals surface area contributed by atoms with Crippen LogP contribution < -0.4 is 5.73 Å². The van der Waals surface area contributed by atoms with Gasteiger partial charge >= 0.3 is 18.1 Å². The predicted molar refractivity (Wildman–Crippen MR) is 170 cm³/mol. The van der Waals surface area contributed by atoms with Crippen LogP contribution >= 0.6 is 11.6 Å². The molecule has 15 nitrogen and oxygen atoms in total. The van der Waals surface area contributed by atoms with Crippen LogP contribution in [0.2, 0.25) is 0 Å². The number of hydrogen-bond donors (Lipinski definition) is 2. The van der Waals surface area contributed by atoms with Gasteiger partial charge in [-0.1, -0.05) is 39.3 Å². The van der Waals surface area contributed by atoms with E-state index >= 15 is 0 Å². The van der Waals surface area contributed by atoms with Gasteiger partial charge in [-0.05, 0) is 62.5 Å². The molecule has 3 unspecified atom stereocenters. The molecule has 0 saturated heterocycles. The van der Waals surface area contributed by atoms with E-state index in [2.05, 4.69) is 4.84 Å². The molecule has 0 spiro atoms. The molecule has 9 atom stereocenters. The number of aliphatic hydroxyl groups excluding tert-OH is 1. The van der Waals surface area contributed by atoms with Crippen molar-refractivity contribution in [2.24, 2.45) is 34.3 Å². The van der Waals surface area contributed by atoms with Gasteiger partial charge in [0.25, 0.3) is 5.09 Å². The minimum Gasteiger partial charge on any atom is -0.464 e. The van der Waals surface area contributed by atoms with Gasteiger partial charge < -0.3 is 34.6 Å². The van der Waals surface area contributed by atoms with Crippen LogP contribution in [0.25, 0.3) is 0 Å². The monoisotopic (exact) mass is 712 g/mol. The normalized spacial score (nSPS) is 35.1. The third-order valence-electron chi connectivity index (χ3n) is 11.1. The van der Waals surface area contributed by atoms with Crippen molar-refractivity contribution < 1.29 is 58.0 Å². The fourth-order valence-electron chi connectivity index (χ4n) is 8.77. The van der Waals surface area contributed by atoms with Crippen molar-refractivity contribution in [3.63, 3.8) is 0 Å². The maximum atomic E-state index is 14.2. The lowest BCUT2D eigenvalue weighted by atomic mass is 9.45.